The number of carbonyl (C=O) groups is 2. The molecule has 0 saturated carbocycles. The van der Waals surface area contributed by atoms with Crippen LogP contribution < -0.4 is 10.7 Å². The van der Waals surface area contributed by atoms with Crippen molar-refractivity contribution in [2.24, 2.45) is 5.10 Å². The van der Waals surface area contributed by atoms with E-state index < -0.39 is 0 Å². The number of anilines is 1. The van der Waals surface area contributed by atoms with Crippen molar-refractivity contribution in [1.82, 2.24) is 5.43 Å². The third-order valence-corrected chi connectivity index (χ3v) is 4.60. The molecule has 0 aliphatic carbocycles. The topological polar surface area (TPSA) is 70.6 Å². The molecule has 3 aromatic carbocycles. The van der Waals surface area contributed by atoms with Gasteiger partial charge in [-0.1, -0.05) is 35.3 Å². The zero-order chi connectivity index (χ0) is 20.8. The number of hydrogen-bond donors (Lipinski definition) is 2. The lowest BCUT2D eigenvalue weighted by atomic mass is 10.1. The quantitative estimate of drug-likeness (QED) is 0.424. The van der Waals surface area contributed by atoms with E-state index in [1.165, 1.54) is 0 Å². The maximum atomic E-state index is 12.2. The number of carbonyl (C=O) groups excluding carboxylic acids is 2. The maximum Gasteiger partial charge on any atom is 0.271 e. The van der Waals surface area contributed by atoms with E-state index in [4.69, 9.17) is 23.2 Å². The van der Waals surface area contributed by atoms with Crippen molar-refractivity contribution >= 4 is 46.4 Å². The Kier molecular flexibility index (Phi) is 6.65. The fourth-order valence-electron chi connectivity index (χ4n) is 2.46. The number of halogens is 2. The Labute approximate surface area is 178 Å². The molecule has 29 heavy (non-hydrogen) atoms. The average molecular weight is 426 g/mol. The highest BCUT2D eigenvalue weighted by molar-refractivity contribution is 6.31. The van der Waals surface area contributed by atoms with E-state index in [0.717, 1.165) is 5.56 Å². The van der Waals surface area contributed by atoms with Gasteiger partial charge in [0.05, 0.1) is 5.71 Å². The Bertz CT molecular complexity index is 1040. The van der Waals surface area contributed by atoms with Gasteiger partial charge in [0.1, 0.15) is 0 Å². The van der Waals surface area contributed by atoms with Crippen LogP contribution in [0.15, 0.2) is 77.9 Å². The molecule has 2 N–H and O–H groups in total. The van der Waals surface area contributed by atoms with Crippen LogP contribution >= 0.6 is 23.2 Å². The van der Waals surface area contributed by atoms with Crippen LogP contribution in [0.2, 0.25) is 10.0 Å². The number of amides is 2. The molecule has 2 amide bonds. The van der Waals surface area contributed by atoms with Gasteiger partial charge in [0.25, 0.3) is 11.8 Å². The van der Waals surface area contributed by atoms with Crippen molar-refractivity contribution in [2.75, 3.05) is 5.32 Å². The molecule has 3 rings (SSSR count). The lowest BCUT2D eigenvalue weighted by Gasteiger charge is -2.07. The molecule has 0 radical (unpaired) electrons. The monoisotopic (exact) mass is 425 g/mol. The molecule has 0 fully saturated rings. The van der Waals surface area contributed by atoms with E-state index in [2.05, 4.69) is 15.8 Å². The molecule has 0 spiro atoms. The minimum absolute atomic E-state index is 0.227. The van der Waals surface area contributed by atoms with E-state index >= 15 is 0 Å². The summed E-state index contributed by atoms with van der Waals surface area (Å²) in [6.45, 7) is 1.78. The van der Waals surface area contributed by atoms with Crippen molar-refractivity contribution in [3.63, 3.8) is 0 Å². The van der Waals surface area contributed by atoms with E-state index in [1.54, 1.807) is 67.6 Å². The van der Waals surface area contributed by atoms with Gasteiger partial charge in [-0.25, -0.2) is 5.43 Å². The molecule has 0 bridgehead atoms. The first-order chi connectivity index (χ1) is 13.9. The summed E-state index contributed by atoms with van der Waals surface area (Å²) in [6, 6.07) is 20.3. The summed E-state index contributed by atoms with van der Waals surface area (Å²) in [4.78, 5) is 24.3. The zero-order valence-corrected chi connectivity index (χ0v) is 17.0. The Morgan fingerprint density at radius 2 is 1.14 bits per heavy atom. The van der Waals surface area contributed by atoms with Gasteiger partial charge >= 0.3 is 0 Å². The summed E-state index contributed by atoms with van der Waals surface area (Å²) in [5.41, 5.74) is 5.58. The first-order valence-corrected chi connectivity index (χ1v) is 9.45. The van der Waals surface area contributed by atoms with Crippen LogP contribution in [0.25, 0.3) is 0 Å². The lowest BCUT2D eigenvalue weighted by Crippen LogP contribution is -2.19. The fraction of sp³-hybridized carbons (Fsp3) is 0.0455. The van der Waals surface area contributed by atoms with Crippen LogP contribution in [0.5, 0.6) is 0 Å². The van der Waals surface area contributed by atoms with Gasteiger partial charge in [-0.2, -0.15) is 5.10 Å². The molecule has 146 valence electrons. The average Bonchev–Trinajstić information content (AvgIpc) is 2.73. The molecular weight excluding hydrogens is 409 g/mol. The number of rotatable bonds is 5. The third kappa shape index (κ3) is 5.67. The Balaban J connectivity index is 1.62. The van der Waals surface area contributed by atoms with Crippen LogP contribution in [0, 0.1) is 0 Å². The van der Waals surface area contributed by atoms with E-state index in [9.17, 15) is 9.59 Å². The van der Waals surface area contributed by atoms with Gasteiger partial charge in [-0.15, -0.1) is 0 Å². The molecule has 0 aliphatic rings. The Hall–Kier alpha value is -3.15. The minimum atomic E-state index is -0.326. The van der Waals surface area contributed by atoms with Gasteiger partial charge in [0, 0.05) is 26.9 Å². The molecule has 0 saturated heterocycles. The number of hydrogen-bond acceptors (Lipinski definition) is 3. The van der Waals surface area contributed by atoms with Crippen molar-refractivity contribution in [3.8, 4) is 0 Å². The van der Waals surface area contributed by atoms with Crippen LogP contribution in [-0.2, 0) is 0 Å². The summed E-state index contributed by atoms with van der Waals surface area (Å²) in [6.07, 6.45) is 0. The predicted octanol–water partition coefficient (Wildman–Crippen LogP) is 5.40. The lowest BCUT2D eigenvalue weighted by molar-refractivity contribution is 0.0954. The van der Waals surface area contributed by atoms with Crippen molar-refractivity contribution in [2.45, 2.75) is 6.92 Å². The summed E-state index contributed by atoms with van der Waals surface area (Å²) in [5.74, 6) is -0.553. The molecule has 5 nitrogen and oxygen atoms in total. The van der Waals surface area contributed by atoms with Gasteiger partial charge in [0.2, 0.25) is 0 Å². The molecule has 3 aromatic rings. The first-order valence-electron chi connectivity index (χ1n) is 8.70. The summed E-state index contributed by atoms with van der Waals surface area (Å²) in [7, 11) is 0. The van der Waals surface area contributed by atoms with Gasteiger partial charge in [-0.05, 0) is 73.2 Å². The van der Waals surface area contributed by atoms with Crippen molar-refractivity contribution in [3.05, 3.63) is 99.5 Å². The highest BCUT2D eigenvalue weighted by Gasteiger charge is 2.07. The van der Waals surface area contributed by atoms with Crippen LogP contribution in [-0.4, -0.2) is 17.5 Å². The van der Waals surface area contributed by atoms with Gasteiger partial charge in [0.15, 0.2) is 0 Å². The van der Waals surface area contributed by atoms with Crippen molar-refractivity contribution in [1.29, 1.82) is 0 Å². The smallest absolute Gasteiger partial charge is 0.271 e. The highest BCUT2D eigenvalue weighted by atomic mass is 35.5. The van der Waals surface area contributed by atoms with Gasteiger partial charge in [-0.3, -0.25) is 9.59 Å². The fourth-order valence-corrected chi connectivity index (χ4v) is 2.72. The second-order valence-electron chi connectivity index (χ2n) is 6.18. The summed E-state index contributed by atoms with van der Waals surface area (Å²) < 4.78 is 0. The maximum absolute atomic E-state index is 12.2. The summed E-state index contributed by atoms with van der Waals surface area (Å²) >= 11 is 11.7. The molecule has 0 aliphatic heterocycles. The van der Waals surface area contributed by atoms with E-state index in [0.29, 0.717) is 32.6 Å². The van der Waals surface area contributed by atoms with E-state index in [-0.39, 0.29) is 11.8 Å². The number of nitrogens with one attached hydrogen (secondary N) is 2. The molecule has 0 heterocycles. The standard InChI is InChI=1S/C22H17Cl2N3O2/c1-14(26-27-22(29)17-4-10-19(24)11-5-17)15-6-12-20(13-7-15)25-21(28)16-2-8-18(23)9-3-16/h2-13H,1H3,(H,25,28)(H,27,29)/b26-14+. The second kappa shape index (κ2) is 9.37. The normalized spacial score (nSPS) is 11.1. The zero-order valence-electron chi connectivity index (χ0n) is 15.4. The predicted molar refractivity (Wildman–Crippen MR) is 117 cm³/mol. The molecule has 0 aromatic heterocycles. The van der Waals surface area contributed by atoms with Crippen LogP contribution in [0.1, 0.15) is 33.2 Å². The number of benzene rings is 3. The summed E-state index contributed by atoms with van der Waals surface area (Å²) in [5, 5.41) is 8.07. The number of nitrogens with zero attached hydrogens (tertiary/aromatic N) is 1. The van der Waals surface area contributed by atoms with Crippen LogP contribution in [0.3, 0.4) is 0 Å². The molecule has 7 heteroatoms. The minimum Gasteiger partial charge on any atom is -0.322 e. The molecular formula is C22H17Cl2N3O2. The van der Waals surface area contributed by atoms with Crippen LogP contribution in [0.4, 0.5) is 5.69 Å². The Morgan fingerprint density at radius 3 is 1.66 bits per heavy atom. The van der Waals surface area contributed by atoms with Gasteiger partial charge < -0.3 is 5.32 Å². The molecule has 0 unspecified atom stereocenters. The SMILES string of the molecule is C/C(=N\NC(=O)c1ccc(Cl)cc1)c1ccc(NC(=O)c2ccc(Cl)cc2)cc1. The largest absolute Gasteiger partial charge is 0.322 e. The van der Waals surface area contributed by atoms with Crippen molar-refractivity contribution < 1.29 is 9.59 Å². The first kappa shape index (κ1) is 20.6. The second-order valence-corrected chi connectivity index (χ2v) is 7.06. The third-order valence-electron chi connectivity index (χ3n) is 4.10. The Morgan fingerprint density at radius 1 is 0.690 bits per heavy atom. The van der Waals surface area contributed by atoms with E-state index in [1.807, 2.05) is 12.1 Å². The molecule has 0 atom stereocenters. The number of hydrazone groups is 1. The highest BCUT2D eigenvalue weighted by Crippen LogP contribution is 2.14.